The van der Waals surface area contributed by atoms with Crippen molar-refractivity contribution >= 4 is 17.2 Å². The van der Waals surface area contributed by atoms with E-state index in [1.54, 1.807) is 6.07 Å². The molecular formula is C15H15N7O. The summed E-state index contributed by atoms with van der Waals surface area (Å²) in [5.41, 5.74) is 2.47. The molecule has 8 heteroatoms. The summed E-state index contributed by atoms with van der Waals surface area (Å²) in [4.78, 5) is 12.1. The molecule has 2 aromatic rings. The quantitative estimate of drug-likeness (QED) is 0.733. The molecule has 1 aromatic carbocycles. The average Bonchev–Trinajstić information content (AvgIpc) is 3.06. The summed E-state index contributed by atoms with van der Waals surface area (Å²) in [6, 6.07) is 7.58. The summed E-state index contributed by atoms with van der Waals surface area (Å²) in [7, 11) is 0. The molecule has 0 unspecified atom stereocenters. The number of nitriles is 1. The number of aromatic nitrogens is 4. The number of carbonyl (C=O) groups is 1. The van der Waals surface area contributed by atoms with Gasteiger partial charge in [0.05, 0.1) is 0 Å². The lowest BCUT2D eigenvalue weighted by Gasteiger charge is -2.32. The Labute approximate surface area is 132 Å². The van der Waals surface area contributed by atoms with Gasteiger partial charge in [-0.3, -0.25) is 4.79 Å². The summed E-state index contributed by atoms with van der Waals surface area (Å²) in [5.74, 6) is 0.113. The van der Waals surface area contributed by atoms with E-state index in [1.165, 1.54) is 6.20 Å². The van der Waals surface area contributed by atoms with Crippen LogP contribution in [-0.2, 0) is 5.41 Å². The highest BCUT2D eigenvalue weighted by atomic mass is 16.1. The van der Waals surface area contributed by atoms with Gasteiger partial charge in [-0.1, -0.05) is 19.9 Å². The van der Waals surface area contributed by atoms with Crippen molar-refractivity contribution in [1.82, 2.24) is 25.9 Å². The number of anilines is 1. The predicted octanol–water partition coefficient (Wildman–Crippen LogP) is 1.20. The van der Waals surface area contributed by atoms with Crippen LogP contribution in [0, 0.1) is 11.3 Å². The molecule has 0 aliphatic carbocycles. The molecule has 0 bridgehead atoms. The fourth-order valence-corrected chi connectivity index (χ4v) is 2.48. The number of nitrogens with zero attached hydrogens (tertiary/aromatic N) is 4. The summed E-state index contributed by atoms with van der Waals surface area (Å²) >= 11 is 0. The molecular weight excluding hydrogens is 294 g/mol. The number of nitrogens with one attached hydrogen (secondary N) is 3. The number of allylic oxidation sites excluding steroid dienone is 1. The Bertz CT molecular complexity index is 815. The van der Waals surface area contributed by atoms with Gasteiger partial charge in [-0.2, -0.15) is 10.5 Å². The highest BCUT2D eigenvalue weighted by Gasteiger charge is 2.31. The maximum Gasteiger partial charge on any atom is 0.251 e. The largest absolute Gasteiger partial charge is 0.360 e. The number of hydrogen-bond donors (Lipinski definition) is 3. The van der Waals surface area contributed by atoms with Crippen LogP contribution in [0.1, 0.15) is 35.6 Å². The SMILES string of the molecule is CC1(C)CNC(=O)c2cc(NC=C(C#N)c3nn[nH]n3)ccc21. The Kier molecular flexibility index (Phi) is 3.54. The van der Waals surface area contributed by atoms with Crippen molar-refractivity contribution in [3.05, 3.63) is 41.4 Å². The maximum atomic E-state index is 12.1. The number of hydrogen-bond acceptors (Lipinski definition) is 6. The summed E-state index contributed by atoms with van der Waals surface area (Å²) in [6.07, 6.45) is 1.48. The molecule has 116 valence electrons. The summed E-state index contributed by atoms with van der Waals surface area (Å²) < 4.78 is 0. The van der Waals surface area contributed by atoms with Crippen LogP contribution in [0.3, 0.4) is 0 Å². The van der Waals surface area contributed by atoms with Gasteiger partial charge in [-0.15, -0.1) is 10.2 Å². The normalized spacial score (nSPS) is 16.2. The molecule has 3 N–H and O–H groups in total. The number of aromatic amines is 1. The van der Waals surface area contributed by atoms with Crippen LogP contribution in [0.4, 0.5) is 5.69 Å². The third-order valence-corrected chi connectivity index (χ3v) is 3.77. The fraction of sp³-hybridized carbons (Fsp3) is 0.267. The zero-order valence-electron chi connectivity index (χ0n) is 12.7. The number of carbonyl (C=O) groups excluding carboxylic acids is 1. The van der Waals surface area contributed by atoms with Crippen molar-refractivity contribution in [3.8, 4) is 6.07 Å². The molecule has 0 fully saturated rings. The molecule has 1 aliphatic heterocycles. The van der Waals surface area contributed by atoms with Gasteiger partial charge in [-0.25, -0.2) is 0 Å². The number of amides is 1. The van der Waals surface area contributed by atoms with Gasteiger partial charge in [0, 0.05) is 29.4 Å². The number of H-pyrrole nitrogens is 1. The van der Waals surface area contributed by atoms with E-state index in [0.717, 1.165) is 5.56 Å². The molecule has 0 saturated heterocycles. The minimum atomic E-state index is -0.111. The second kappa shape index (κ2) is 5.53. The molecule has 8 nitrogen and oxygen atoms in total. The van der Waals surface area contributed by atoms with Crippen molar-refractivity contribution in [3.63, 3.8) is 0 Å². The maximum absolute atomic E-state index is 12.1. The molecule has 3 rings (SSSR count). The van der Waals surface area contributed by atoms with Crippen molar-refractivity contribution in [2.45, 2.75) is 19.3 Å². The summed E-state index contributed by atoms with van der Waals surface area (Å²) in [5, 5.41) is 28.3. The molecule has 0 spiro atoms. The van der Waals surface area contributed by atoms with Crippen molar-refractivity contribution in [2.75, 3.05) is 11.9 Å². The number of tetrazole rings is 1. The minimum Gasteiger partial charge on any atom is -0.360 e. The van der Waals surface area contributed by atoms with Crippen molar-refractivity contribution in [2.24, 2.45) is 0 Å². The van der Waals surface area contributed by atoms with E-state index in [-0.39, 0.29) is 22.7 Å². The van der Waals surface area contributed by atoms with Crippen molar-refractivity contribution < 1.29 is 4.79 Å². The van der Waals surface area contributed by atoms with Crippen LogP contribution < -0.4 is 10.6 Å². The van der Waals surface area contributed by atoms with Crippen LogP contribution in [0.25, 0.3) is 5.57 Å². The summed E-state index contributed by atoms with van der Waals surface area (Å²) in [6.45, 7) is 4.78. The van der Waals surface area contributed by atoms with E-state index in [9.17, 15) is 4.79 Å². The Morgan fingerprint density at radius 1 is 1.48 bits per heavy atom. The first kappa shape index (κ1) is 14.7. The van der Waals surface area contributed by atoms with Crippen LogP contribution >= 0.6 is 0 Å². The first-order valence-electron chi connectivity index (χ1n) is 7.04. The third-order valence-electron chi connectivity index (χ3n) is 3.77. The molecule has 0 radical (unpaired) electrons. The van der Waals surface area contributed by atoms with Crippen molar-refractivity contribution in [1.29, 1.82) is 5.26 Å². The molecule has 1 amide bonds. The van der Waals surface area contributed by atoms with Crippen LogP contribution in [0.15, 0.2) is 24.4 Å². The average molecular weight is 309 g/mol. The van der Waals surface area contributed by atoms with Gasteiger partial charge in [-0.05, 0) is 22.9 Å². The van der Waals surface area contributed by atoms with E-state index in [0.29, 0.717) is 17.8 Å². The molecule has 1 aromatic heterocycles. The van der Waals surface area contributed by atoms with Gasteiger partial charge < -0.3 is 10.6 Å². The minimum absolute atomic E-state index is 0.0920. The fourth-order valence-electron chi connectivity index (χ4n) is 2.48. The highest BCUT2D eigenvalue weighted by molar-refractivity contribution is 5.98. The van der Waals surface area contributed by atoms with E-state index in [2.05, 4.69) is 45.1 Å². The topological polar surface area (TPSA) is 119 Å². The third kappa shape index (κ3) is 2.76. The molecule has 1 aliphatic rings. The van der Waals surface area contributed by atoms with E-state index in [4.69, 9.17) is 5.26 Å². The first-order valence-corrected chi connectivity index (χ1v) is 7.04. The zero-order chi connectivity index (χ0) is 16.4. The number of fused-ring (bicyclic) bond motifs is 1. The lowest BCUT2D eigenvalue weighted by molar-refractivity contribution is 0.0930. The molecule has 23 heavy (non-hydrogen) atoms. The molecule has 0 saturated carbocycles. The standard InChI is InChI=1S/C15H15N7O/c1-15(2)8-18-14(23)11-5-10(3-4-12(11)15)17-7-9(6-16)13-19-21-22-20-13/h3-5,7,17H,8H2,1-2H3,(H,18,23)(H,19,20,21,22). The smallest absolute Gasteiger partial charge is 0.251 e. The van der Waals surface area contributed by atoms with Crippen LogP contribution in [-0.4, -0.2) is 33.1 Å². The molecule has 0 atom stereocenters. The van der Waals surface area contributed by atoms with Gasteiger partial charge in [0.15, 0.2) is 0 Å². The monoisotopic (exact) mass is 309 g/mol. The lowest BCUT2D eigenvalue weighted by atomic mass is 9.79. The zero-order valence-corrected chi connectivity index (χ0v) is 12.7. The Morgan fingerprint density at radius 2 is 2.30 bits per heavy atom. The van der Waals surface area contributed by atoms with Crippen LogP contribution in [0.5, 0.6) is 0 Å². The van der Waals surface area contributed by atoms with E-state index >= 15 is 0 Å². The Balaban J connectivity index is 1.90. The Morgan fingerprint density at radius 3 is 3.00 bits per heavy atom. The number of benzene rings is 1. The number of rotatable bonds is 3. The van der Waals surface area contributed by atoms with E-state index in [1.807, 2.05) is 18.2 Å². The van der Waals surface area contributed by atoms with Gasteiger partial charge in [0.1, 0.15) is 11.6 Å². The van der Waals surface area contributed by atoms with Crippen LogP contribution in [0.2, 0.25) is 0 Å². The molecule has 2 heterocycles. The van der Waals surface area contributed by atoms with E-state index < -0.39 is 0 Å². The predicted molar refractivity (Wildman–Crippen MR) is 83.2 cm³/mol. The van der Waals surface area contributed by atoms with Gasteiger partial charge >= 0.3 is 0 Å². The lowest BCUT2D eigenvalue weighted by Crippen LogP contribution is -2.43. The van der Waals surface area contributed by atoms with Gasteiger partial charge in [0.25, 0.3) is 5.91 Å². The first-order chi connectivity index (χ1) is 11.0. The second-order valence-corrected chi connectivity index (χ2v) is 5.88. The Hall–Kier alpha value is -3.21. The highest BCUT2D eigenvalue weighted by Crippen LogP contribution is 2.31. The second-order valence-electron chi connectivity index (χ2n) is 5.88. The van der Waals surface area contributed by atoms with Gasteiger partial charge in [0.2, 0.25) is 5.82 Å².